The summed E-state index contributed by atoms with van der Waals surface area (Å²) < 4.78 is 0. The van der Waals surface area contributed by atoms with Gasteiger partial charge >= 0.3 is 5.97 Å². The number of aliphatic carboxylic acids is 1. The Hall–Kier alpha value is -1.16. The standard InChI is InChI=1S/C10H14O4/c1-10(14)5-4-8(11)6-7(10)2-3-9(12)13/h6,14H,2-5H2,1H3,(H,12,13). The predicted octanol–water partition coefficient (Wildman–Crippen LogP) is 0.891. The lowest BCUT2D eigenvalue weighted by molar-refractivity contribution is -0.137. The maximum absolute atomic E-state index is 11.1. The second kappa shape index (κ2) is 3.92. The van der Waals surface area contributed by atoms with Gasteiger partial charge in [0.15, 0.2) is 5.78 Å². The lowest BCUT2D eigenvalue weighted by Gasteiger charge is -2.29. The smallest absolute Gasteiger partial charge is 0.303 e. The fourth-order valence-electron chi connectivity index (χ4n) is 1.53. The maximum Gasteiger partial charge on any atom is 0.303 e. The maximum atomic E-state index is 11.1. The molecule has 0 saturated heterocycles. The molecule has 1 aliphatic carbocycles. The number of carboxylic acid groups (broad SMARTS) is 1. The molecule has 4 heteroatoms. The van der Waals surface area contributed by atoms with Gasteiger partial charge in [0.1, 0.15) is 0 Å². The van der Waals surface area contributed by atoms with E-state index in [1.54, 1.807) is 6.92 Å². The molecule has 1 atom stereocenters. The molecule has 14 heavy (non-hydrogen) atoms. The Bertz CT molecular complexity index is 288. The van der Waals surface area contributed by atoms with E-state index in [1.165, 1.54) is 6.08 Å². The summed E-state index contributed by atoms with van der Waals surface area (Å²) in [4.78, 5) is 21.4. The molecule has 1 unspecified atom stereocenters. The third-order valence-electron chi connectivity index (χ3n) is 2.49. The Morgan fingerprint density at radius 2 is 2.29 bits per heavy atom. The van der Waals surface area contributed by atoms with Gasteiger partial charge in [-0.1, -0.05) is 0 Å². The van der Waals surface area contributed by atoms with Gasteiger partial charge in [-0.2, -0.15) is 0 Å². The highest BCUT2D eigenvalue weighted by Crippen LogP contribution is 2.30. The number of hydrogen-bond donors (Lipinski definition) is 2. The van der Waals surface area contributed by atoms with Crippen molar-refractivity contribution in [3.05, 3.63) is 11.6 Å². The van der Waals surface area contributed by atoms with Crippen molar-refractivity contribution in [1.82, 2.24) is 0 Å². The second-order valence-corrected chi connectivity index (χ2v) is 3.80. The Labute approximate surface area is 82.2 Å². The average Bonchev–Trinajstić information content (AvgIpc) is 2.07. The van der Waals surface area contributed by atoms with E-state index in [9.17, 15) is 14.7 Å². The number of aliphatic hydroxyl groups is 1. The van der Waals surface area contributed by atoms with E-state index in [0.29, 0.717) is 18.4 Å². The molecular formula is C10H14O4. The highest BCUT2D eigenvalue weighted by Gasteiger charge is 2.30. The van der Waals surface area contributed by atoms with Crippen LogP contribution in [0, 0.1) is 0 Å². The summed E-state index contributed by atoms with van der Waals surface area (Å²) in [6.07, 6.45) is 2.30. The van der Waals surface area contributed by atoms with Crippen LogP contribution < -0.4 is 0 Å². The molecule has 0 bridgehead atoms. The summed E-state index contributed by atoms with van der Waals surface area (Å²) in [5.41, 5.74) is -0.472. The van der Waals surface area contributed by atoms with Crippen LogP contribution >= 0.6 is 0 Å². The molecule has 78 valence electrons. The Morgan fingerprint density at radius 1 is 1.64 bits per heavy atom. The molecule has 0 spiro atoms. The average molecular weight is 198 g/mol. The van der Waals surface area contributed by atoms with E-state index in [4.69, 9.17) is 5.11 Å². The molecule has 0 aromatic rings. The number of rotatable bonds is 3. The summed E-state index contributed by atoms with van der Waals surface area (Å²) in [6.45, 7) is 1.62. The lowest BCUT2D eigenvalue weighted by atomic mass is 9.82. The van der Waals surface area contributed by atoms with Crippen molar-refractivity contribution >= 4 is 11.8 Å². The van der Waals surface area contributed by atoms with Crippen molar-refractivity contribution in [2.75, 3.05) is 0 Å². The molecule has 0 fully saturated rings. The van der Waals surface area contributed by atoms with Gasteiger partial charge in [0, 0.05) is 12.8 Å². The van der Waals surface area contributed by atoms with Crippen molar-refractivity contribution in [1.29, 1.82) is 0 Å². The van der Waals surface area contributed by atoms with Crippen molar-refractivity contribution in [2.24, 2.45) is 0 Å². The van der Waals surface area contributed by atoms with Gasteiger partial charge in [-0.25, -0.2) is 0 Å². The number of carboxylic acids is 1. The van der Waals surface area contributed by atoms with Crippen LogP contribution in [-0.4, -0.2) is 27.6 Å². The molecule has 0 amide bonds. The van der Waals surface area contributed by atoms with Gasteiger partial charge in [0.05, 0.1) is 5.60 Å². The fraction of sp³-hybridized carbons (Fsp3) is 0.600. The van der Waals surface area contributed by atoms with E-state index >= 15 is 0 Å². The van der Waals surface area contributed by atoms with E-state index < -0.39 is 11.6 Å². The summed E-state index contributed by atoms with van der Waals surface area (Å²) in [5, 5.41) is 18.3. The predicted molar refractivity (Wildman–Crippen MR) is 49.8 cm³/mol. The van der Waals surface area contributed by atoms with Crippen molar-refractivity contribution in [3.63, 3.8) is 0 Å². The molecule has 4 nitrogen and oxygen atoms in total. The van der Waals surface area contributed by atoms with E-state index in [1.807, 2.05) is 0 Å². The summed E-state index contributed by atoms with van der Waals surface area (Å²) >= 11 is 0. The van der Waals surface area contributed by atoms with Crippen LogP contribution in [0.4, 0.5) is 0 Å². The van der Waals surface area contributed by atoms with Crippen molar-refractivity contribution < 1.29 is 19.8 Å². The van der Waals surface area contributed by atoms with E-state index in [0.717, 1.165) is 0 Å². The zero-order chi connectivity index (χ0) is 10.8. The molecular weight excluding hydrogens is 184 g/mol. The first-order chi connectivity index (χ1) is 6.42. The first-order valence-corrected chi connectivity index (χ1v) is 4.60. The van der Waals surface area contributed by atoms with Gasteiger partial charge in [0.2, 0.25) is 0 Å². The van der Waals surface area contributed by atoms with Crippen LogP contribution in [0.2, 0.25) is 0 Å². The normalized spacial score (nSPS) is 27.3. The van der Waals surface area contributed by atoms with Crippen molar-refractivity contribution in [3.8, 4) is 0 Å². The third-order valence-corrected chi connectivity index (χ3v) is 2.49. The lowest BCUT2D eigenvalue weighted by Crippen LogP contribution is -2.32. The van der Waals surface area contributed by atoms with Crippen LogP contribution in [0.15, 0.2) is 11.6 Å². The number of hydrogen-bond acceptors (Lipinski definition) is 3. The summed E-state index contributed by atoms with van der Waals surface area (Å²) in [5.74, 6) is -0.948. The first-order valence-electron chi connectivity index (χ1n) is 4.60. The summed E-state index contributed by atoms with van der Waals surface area (Å²) in [6, 6.07) is 0. The van der Waals surface area contributed by atoms with Gasteiger partial charge in [-0.15, -0.1) is 0 Å². The molecule has 0 aromatic carbocycles. The molecule has 0 aromatic heterocycles. The number of carbonyl (C=O) groups excluding carboxylic acids is 1. The monoisotopic (exact) mass is 198 g/mol. The minimum Gasteiger partial charge on any atom is -0.481 e. The Balaban J connectivity index is 2.71. The Kier molecular flexibility index (Phi) is 3.06. The second-order valence-electron chi connectivity index (χ2n) is 3.80. The van der Waals surface area contributed by atoms with Crippen LogP contribution in [0.3, 0.4) is 0 Å². The zero-order valence-electron chi connectivity index (χ0n) is 8.12. The first kappa shape index (κ1) is 10.9. The van der Waals surface area contributed by atoms with Gasteiger partial charge in [-0.05, 0) is 31.4 Å². The minimum absolute atomic E-state index is 0.0306. The quantitative estimate of drug-likeness (QED) is 0.706. The van der Waals surface area contributed by atoms with Crippen LogP contribution in [0.1, 0.15) is 32.6 Å². The molecule has 0 radical (unpaired) electrons. The summed E-state index contributed by atoms with van der Waals surface area (Å²) in [7, 11) is 0. The van der Waals surface area contributed by atoms with E-state index in [2.05, 4.69) is 0 Å². The van der Waals surface area contributed by atoms with Crippen LogP contribution in [0.5, 0.6) is 0 Å². The molecule has 0 aliphatic heterocycles. The molecule has 0 saturated carbocycles. The minimum atomic E-state index is -1.01. The largest absolute Gasteiger partial charge is 0.481 e. The SMILES string of the molecule is CC1(O)CCC(=O)C=C1CCC(=O)O. The third kappa shape index (κ3) is 2.67. The van der Waals surface area contributed by atoms with Crippen molar-refractivity contribution in [2.45, 2.75) is 38.2 Å². The van der Waals surface area contributed by atoms with Gasteiger partial charge < -0.3 is 10.2 Å². The number of carbonyl (C=O) groups is 2. The molecule has 0 heterocycles. The molecule has 1 aliphatic rings. The van der Waals surface area contributed by atoms with Crippen LogP contribution in [0.25, 0.3) is 0 Å². The van der Waals surface area contributed by atoms with Gasteiger partial charge in [0.25, 0.3) is 0 Å². The van der Waals surface area contributed by atoms with Gasteiger partial charge in [-0.3, -0.25) is 9.59 Å². The fourth-order valence-corrected chi connectivity index (χ4v) is 1.53. The number of ketones is 1. The highest BCUT2D eigenvalue weighted by atomic mass is 16.4. The topological polar surface area (TPSA) is 74.6 Å². The number of allylic oxidation sites excluding steroid dienone is 1. The van der Waals surface area contributed by atoms with E-state index in [-0.39, 0.29) is 18.6 Å². The highest BCUT2D eigenvalue weighted by molar-refractivity contribution is 5.91. The molecule has 1 rings (SSSR count). The zero-order valence-corrected chi connectivity index (χ0v) is 8.12. The molecule has 2 N–H and O–H groups in total. The van der Waals surface area contributed by atoms with Crippen LogP contribution in [-0.2, 0) is 9.59 Å². The Morgan fingerprint density at radius 3 is 2.86 bits per heavy atom.